The molecular weight excluding hydrogens is 254 g/mol. The average Bonchev–Trinajstić information content (AvgIpc) is 2.95. The topological polar surface area (TPSA) is 55.8 Å². The Bertz CT molecular complexity index is 364. The van der Waals surface area contributed by atoms with E-state index in [9.17, 15) is 9.90 Å². The van der Waals surface area contributed by atoms with Gasteiger partial charge >= 0.3 is 0 Å². The number of amides is 1. The quantitative estimate of drug-likeness (QED) is 0.676. The largest absolute Gasteiger partial charge is 0.394 e. The number of nitrogens with zero attached hydrogens (tertiary/aromatic N) is 2. The fourth-order valence-electron chi connectivity index (χ4n) is 3.10. The first kappa shape index (κ1) is 15.3. The highest BCUT2D eigenvalue weighted by atomic mass is 16.3. The van der Waals surface area contributed by atoms with Gasteiger partial charge < -0.3 is 15.3 Å². The minimum absolute atomic E-state index is 0.121. The van der Waals surface area contributed by atoms with Crippen molar-refractivity contribution in [1.29, 1.82) is 0 Å². The molecule has 0 aromatic rings. The van der Waals surface area contributed by atoms with Crippen LogP contribution in [0.1, 0.15) is 25.7 Å². The second-order valence-electron chi connectivity index (χ2n) is 5.86. The van der Waals surface area contributed by atoms with Crippen molar-refractivity contribution in [2.75, 3.05) is 45.9 Å². The third kappa shape index (κ3) is 3.72. The molecule has 0 aromatic carbocycles. The van der Waals surface area contributed by atoms with Gasteiger partial charge in [-0.3, -0.25) is 9.69 Å². The lowest BCUT2D eigenvalue weighted by Crippen LogP contribution is -2.54. The highest BCUT2D eigenvalue weighted by Crippen LogP contribution is 2.28. The molecule has 5 heteroatoms. The average molecular weight is 279 g/mol. The van der Waals surface area contributed by atoms with Crippen molar-refractivity contribution in [2.45, 2.75) is 31.2 Å². The molecule has 20 heavy (non-hydrogen) atoms. The molecule has 0 radical (unpaired) electrons. The Morgan fingerprint density at radius 2 is 1.90 bits per heavy atom. The number of hydrogen-bond donors (Lipinski definition) is 2. The van der Waals surface area contributed by atoms with Gasteiger partial charge in [-0.05, 0) is 12.8 Å². The van der Waals surface area contributed by atoms with Crippen molar-refractivity contribution in [2.24, 2.45) is 0 Å². The SMILES string of the molecule is C#CCN1CCN(C(=O)CNC2(CO)CCCC2)CC1. The van der Waals surface area contributed by atoms with Crippen molar-refractivity contribution >= 4 is 5.91 Å². The lowest BCUT2D eigenvalue weighted by atomic mass is 9.99. The smallest absolute Gasteiger partial charge is 0.236 e. The van der Waals surface area contributed by atoms with E-state index in [2.05, 4.69) is 16.1 Å². The summed E-state index contributed by atoms with van der Waals surface area (Å²) in [5, 5.41) is 12.8. The summed E-state index contributed by atoms with van der Waals surface area (Å²) < 4.78 is 0. The van der Waals surface area contributed by atoms with E-state index in [-0.39, 0.29) is 18.1 Å². The standard InChI is InChI=1S/C15H25N3O2/c1-2-7-17-8-10-18(11-9-17)14(20)12-16-15(13-19)5-3-4-6-15/h1,16,19H,3-13H2. The minimum Gasteiger partial charge on any atom is -0.394 e. The Hall–Kier alpha value is -1.09. The number of terminal acetylenes is 1. The molecule has 1 saturated carbocycles. The van der Waals surface area contributed by atoms with E-state index in [0.717, 1.165) is 51.9 Å². The van der Waals surface area contributed by atoms with E-state index in [1.165, 1.54) is 0 Å². The van der Waals surface area contributed by atoms with Crippen LogP contribution in [0.2, 0.25) is 0 Å². The third-order valence-electron chi connectivity index (χ3n) is 4.52. The zero-order valence-electron chi connectivity index (χ0n) is 12.1. The van der Waals surface area contributed by atoms with Crippen LogP contribution in [-0.4, -0.2) is 72.2 Å². The monoisotopic (exact) mass is 279 g/mol. The fraction of sp³-hybridized carbons (Fsp3) is 0.800. The Labute approximate surface area is 121 Å². The summed E-state index contributed by atoms with van der Waals surface area (Å²) in [7, 11) is 0. The fourth-order valence-corrected chi connectivity index (χ4v) is 3.10. The number of nitrogens with one attached hydrogen (secondary N) is 1. The van der Waals surface area contributed by atoms with E-state index < -0.39 is 0 Å². The van der Waals surface area contributed by atoms with Gasteiger partial charge in [0.15, 0.2) is 0 Å². The number of aliphatic hydroxyl groups excluding tert-OH is 1. The van der Waals surface area contributed by atoms with Crippen LogP contribution in [0.4, 0.5) is 0 Å². The molecule has 1 aliphatic carbocycles. The van der Waals surface area contributed by atoms with Gasteiger partial charge in [0.05, 0.1) is 19.7 Å². The number of carbonyl (C=O) groups is 1. The molecule has 1 amide bonds. The molecule has 2 fully saturated rings. The summed E-state index contributed by atoms with van der Waals surface area (Å²) in [6, 6.07) is 0. The normalized spacial score (nSPS) is 22.7. The Morgan fingerprint density at radius 3 is 2.45 bits per heavy atom. The van der Waals surface area contributed by atoms with E-state index in [1.54, 1.807) is 0 Å². The van der Waals surface area contributed by atoms with Crippen LogP contribution < -0.4 is 5.32 Å². The molecule has 0 bridgehead atoms. The van der Waals surface area contributed by atoms with Crippen LogP contribution in [0.25, 0.3) is 0 Å². The van der Waals surface area contributed by atoms with Crippen LogP contribution in [0.15, 0.2) is 0 Å². The predicted molar refractivity (Wildman–Crippen MR) is 78.1 cm³/mol. The molecule has 2 rings (SSSR count). The van der Waals surface area contributed by atoms with Gasteiger partial charge in [0.25, 0.3) is 0 Å². The summed E-state index contributed by atoms with van der Waals surface area (Å²) in [6.07, 6.45) is 9.49. The molecule has 0 aromatic heterocycles. The number of piperazine rings is 1. The van der Waals surface area contributed by atoms with Gasteiger partial charge in [-0.25, -0.2) is 0 Å². The van der Waals surface area contributed by atoms with E-state index >= 15 is 0 Å². The first-order valence-corrected chi connectivity index (χ1v) is 7.49. The molecule has 5 nitrogen and oxygen atoms in total. The van der Waals surface area contributed by atoms with Crippen LogP contribution >= 0.6 is 0 Å². The summed E-state index contributed by atoms with van der Waals surface area (Å²) in [5.41, 5.74) is -0.221. The van der Waals surface area contributed by atoms with Gasteiger partial charge in [0.1, 0.15) is 0 Å². The van der Waals surface area contributed by atoms with Gasteiger partial charge in [0.2, 0.25) is 5.91 Å². The van der Waals surface area contributed by atoms with Crippen LogP contribution in [-0.2, 0) is 4.79 Å². The number of rotatable bonds is 5. The maximum atomic E-state index is 12.2. The Balaban J connectivity index is 1.74. The van der Waals surface area contributed by atoms with E-state index in [4.69, 9.17) is 6.42 Å². The Morgan fingerprint density at radius 1 is 1.25 bits per heavy atom. The number of carbonyl (C=O) groups excluding carboxylic acids is 1. The van der Waals surface area contributed by atoms with Crippen molar-refractivity contribution in [3.63, 3.8) is 0 Å². The molecule has 0 spiro atoms. The van der Waals surface area contributed by atoms with Crippen LogP contribution in [0, 0.1) is 12.3 Å². The summed E-state index contributed by atoms with van der Waals surface area (Å²) in [4.78, 5) is 16.3. The van der Waals surface area contributed by atoms with E-state index in [1.807, 2.05) is 4.90 Å². The van der Waals surface area contributed by atoms with Gasteiger partial charge in [-0.2, -0.15) is 0 Å². The number of aliphatic hydroxyl groups is 1. The molecule has 112 valence electrons. The maximum absolute atomic E-state index is 12.2. The Kier molecular flexibility index (Phi) is 5.41. The van der Waals surface area contributed by atoms with Crippen molar-refractivity contribution in [3.05, 3.63) is 0 Å². The molecule has 1 saturated heterocycles. The second kappa shape index (κ2) is 7.07. The van der Waals surface area contributed by atoms with Gasteiger partial charge in [0, 0.05) is 31.7 Å². The zero-order chi connectivity index (χ0) is 14.4. The molecule has 2 N–H and O–H groups in total. The third-order valence-corrected chi connectivity index (χ3v) is 4.52. The van der Waals surface area contributed by atoms with Crippen molar-refractivity contribution in [3.8, 4) is 12.3 Å². The minimum atomic E-state index is -0.221. The molecule has 0 atom stereocenters. The maximum Gasteiger partial charge on any atom is 0.236 e. The second-order valence-corrected chi connectivity index (χ2v) is 5.86. The molecule has 1 heterocycles. The van der Waals surface area contributed by atoms with Crippen molar-refractivity contribution in [1.82, 2.24) is 15.1 Å². The summed E-state index contributed by atoms with van der Waals surface area (Å²) in [6.45, 7) is 4.30. The first-order valence-electron chi connectivity index (χ1n) is 7.49. The van der Waals surface area contributed by atoms with Crippen molar-refractivity contribution < 1.29 is 9.90 Å². The molecular formula is C15H25N3O2. The van der Waals surface area contributed by atoms with Gasteiger partial charge in [-0.1, -0.05) is 18.8 Å². The lowest BCUT2D eigenvalue weighted by Gasteiger charge is -2.35. The van der Waals surface area contributed by atoms with Crippen LogP contribution in [0.5, 0.6) is 0 Å². The molecule has 1 aliphatic heterocycles. The first-order chi connectivity index (χ1) is 9.69. The van der Waals surface area contributed by atoms with E-state index in [0.29, 0.717) is 13.1 Å². The molecule has 2 aliphatic rings. The molecule has 0 unspecified atom stereocenters. The summed E-state index contributed by atoms with van der Waals surface area (Å²) in [5.74, 6) is 2.77. The predicted octanol–water partition coefficient (Wildman–Crippen LogP) is -0.341. The lowest BCUT2D eigenvalue weighted by molar-refractivity contribution is -0.132. The highest BCUT2D eigenvalue weighted by molar-refractivity contribution is 5.78. The van der Waals surface area contributed by atoms with Crippen LogP contribution in [0.3, 0.4) is 0 Å². The number of hydrogen-bond acceptors (Lipinski definition) is 4. The van der Waals surface area contributed by atoms with Gasteiger partial charge in [-0.15, -0.1) is 6.42 Å². The summed E-state index contributed by atoms with van der Waals surface area (Å²) >= 11 is 0. The highest BCUT2D eigenvalue weighted by Gasteiger charge is 2.33. The zero-order valence-corrected chi connectivity index (χ0v) is 12.1.